The Kier molecular flexibility index (Phi) is 2.82. The molecule has 0 bridgehead atoms. The van der Waals surface area contributed by atoms with Crippen molar-refractivity contribution in [3.05, 3.63) is 28.0 Å². The first-order valence-corrected chi connectivity index (χ1v) is 3.63. The fourth-order valence-corrected chi connectivity index (χ4v) is 1.16. The highest BCUT2D eigenvalue weighted by atomic mass is 35.5. The second kappa shape index (κ2) is 3.68. The number of carbonyl (C=O) groups excluding carboxylic acids is 1. The smallest absolute Gasteiger partial charge is 0.211 e. The monoisotopic (exact) mass is 205 g/mol. The van der Waals surface area contributed by atoms with E-state index in [1.165, 1.54) is 18.2 Å². The number of isocyanates is 1. The standard InChI is InChI=1S/C7H2Cl2FNO/c8-4-1-5(9)7(10)6(2-4)11-3-12/h1-2H. The van der Waals surface area contributed by atoms with Crippen molar-refractivity contribution in [2.45, 2.75) is 0 Å². The van der Waals surface area contributed by atoms with Crippen LogP contribution in [0.1, 0.15) is 0 Å². The van der Waals surface area contributed by atoms with E-state index in [2.05, 4.69) is 4.99 Å². The largest absolute Gasteiger partial charge is 0.240 e. The van der Waals surface area contributed by atoms with Crippen molar-refractivity contribution in [2.75, 3.05) is 0 Å². The molecule has 1 aromatic rings. The number of hydrogen-bond donors (Lipinski definition) is 0. The molecule has 0 aliphatic heterocycles. The van der Waals surface area contributed by atoms with E-state index >= 15 is 0 Å². The predicted molar refractivity (Wildman–Crippen MR) is 44.2 cm³/mol. The summed E-state index contributed by atoms with van der Waals surface area (Å²) in [6.45, 7) is 0. The van der Waals surface area contributed by atoms with E-state index in [0.717, 1.165) is 0 Å². The molecule has 0 amide bonds. The van der Waals surface area contributed by atoms with Crippen LogP contribution in [0.15, 0.2) is 17.1 Å². The van der Waals surface area contributed by atoms with Gasteiger partial charge in [0.25, 0.3) is 0 Å². The Labute approximate surface area is 77.6 Å². The summed E-state index contributed by atoms with van der Waals surface area (Å²) in [6.07, 6.45) is 1.20. The molecule has 0 aromatic heterocycles. The zero-order valence-corrected chi connectivity index (χ0v) is 7.16. The number of rotatable bonds is 1. The topological polar surface area (TPSA) is 29.4 Å². The van der Waals surface area contributed by atoms with Gasteiger partial charge in [0.05, 0.1) is 5.02 Å². The van der Waals surface area contributed by atoms with Gasteiger partial charge in [-0.05, 0) is 12.1 Å². The van der Waals surface area contributed by atoms with Gasteiger partial charge in [-0.2, -0.15) is 4.99 Å². The highest BCUT2D eigenvalue weighted by Crippen LogP contribution is 2.28. The van der Waals surface area contributed by atoms with Crippen LogP contribution in [-0.2, 0) is 4.79 Å². The lowest BCUT2D eigenvalue weighted by molar-refractivity contribution is 0.564. The summed E-state index contributed by atoms with van der Waals surface area (Å²) >= 11 is 10.9. The summed E-state index contributed by atoms with van der Waals surface area (Å²) in [7, 11) is 0. The fraction of sp³-hybridized carbons (Fsp3) is 0. The van der Waals surface area contributed by atoms with Crippen molar-refractivity contribution in [1.82, 2.24) is 0 Å². The first-order chi connectivity index (χ1) is 5.65. The molecule has 0 aliphatic carbocycles. The number of benzene rings is 1. The molecular formula is C7H2Cl2FNO. The van der Waals surface area contributed by atoms with Crippen LogP contribution in [0.25, 0.3) is 0 Å². The summed E-state index contributed by atoms with van der Waals surface area (Å²) in [5.74, 6) is -0.774. The van der Waals surface area contributed by atoms with Crippen LogP contribution >= 0.6 is 23.2 Å². The van der Waals surface area contributed by atoms with E-state index in [9.17, 15) is 9.18 Å². The molecule has 0 saturated heterocycles. The summed E-state index contributed by atoms with van der Waals surface area (Å²) in [6, 6.07) is 2.41. The van der Waals surface area contributed by atoms with Crippen LogP contribution < -0.4 is 0 Å². The number of hydrogen-bond acceptors (Lipinski definition) is 2. The normalized spacial score (nSPS) is 9.25. The van der Waals surface area contributed by atoms with Crippen molar-refractivity contribution in [3.8, 4) is 0 Å². The molecule has 62 valence electrons. The third-order valence-corrected chi connectivity index (χ3v) is 1.63. The minimum atomic E-state index is -0.774. The van der Waals surface area contributed by atoms with Crippen LogP contribution in [0.2, 0.25) is 10.0 Å². The minimum Gasteiger partial charge on any atom is -0.211 e. The average molecular weight is 206 g/mol. The van der Waals surface area contributed by atoms with Gasteiger partial charge >= 0.3 is 0 Å². The van der Waals surface area contributed by atoms with Crippen molar-refractivity contribution in [1.29, 1.82) is 0 Å². The second-order valence-corrected chi connectivity index (χ2v) is 2.77. The van der Waals surface area contributed by atoms with Crippen LogP contribution in [0.3, 0.4) is 0 Å². The predicted octanol–water partition coefficient (Wildman–Crippen LogP) is 3.10. The summed E-state index contributed by atoms with van der Waals surface area (Å²) in [5, 5.41) is 0.0481. The van der Waals surface area contributed by atoms with Gasteiger partial charge < -0.3 is 0 Å². The number of nitrogens with zero attached hydrogens (tertiary/aromatic N) is 1. The van der Waals surface area contributed by atoms with E-state index in [4.69, 9.17) is 23.2 Å². The van der Waals surface area contributed by atoms with Gasteiger partial charge in [0, 0.05) is 5.02 Å². The number of halogens is 3. The van der Waals surface area contributed by atoms with Crippen LogP contribution in [-0.4, -0.2) is 6.08 Å². The molecule has 0 fully saturated rings. The maximum Gasteiger partial charge on any atom is 0.240 e. The van der Waals surface area contributed by atoms with Crippen LogP contribution in [0.5, 0.6) is 0 Å². The molecule has 0 heterocycles. The van der Waals surface area contributed by atoms with E-state index < -0.39 is 5.82 Å². The van der Waals surface area contributed by atoms with E-state index in [-0.39, 0.29) is 15.7 Å². The lowest BCUT2D eigenvalue weighted by Crippen LogP contribution is -1.78. The van der Waals surface area contributed by atoms with Gasteiger partial charge in [0.15, 0.2) is 5.82 Å². The Balaban J connectivity index is 3.36. The Morgan fingerprint density at radius 3 is 2.67 bits per heavy atom. The van der Waals surface area contributed by atoms with Crippen molar-refractivity contribution in [2.24, 2.45) is 4.99 Å². The van der Waals surface area contributed by atoms with Crippen LogP contribution in [0, 0.1) is 5.82 Å². The molecule has 0 radical (unpaired) electrons. The molecule has 0 aliphatic rings. The molecule has 0 atom stereocenters. The Morgan fingerprint density at radius 2 is 2.08 bits per heavy atom. The average Bonchev–Trinajstić information content (AvgIpc) is 2.00. The molecule has 5 heteroatoms. The van der Waals surface area contributed by atoms with Gasteiger partial charge in [-0.3, -0.25) is 0 Å². The van der Waals surface area contributed by atoms with Crippen LogP contribution in [0.4, 0.5) is 10.1 Å². The lowest BCUT2D eigenvalue weighted by Gasteiger charge is -1.97. The molecule has 12 heavy (non-hydrogen) atoms. The zero-order valence-electron chi connectivity index (χ0n) is 5.64. The highest BCUT2D eigenvalue weighted by molar-refractivity contribution is 6.35. The van der Waals surface area contributed by atoms with Crippen molar-refractivity contribution >= 4 is 35.0 Å². The lowest BCUT2D eigenvalue weighted by atomic mass is 10.3. The van der Waals surface area contributed by atoms with E-state index in [1.807, 2.05) is 0 Å². The first kappa shape index (κ1) is 9.20. The van der Waals surface area contributed by atoms with Gasteiger partial charge in [-0.1, -0.05) is 23.2 Å². The maximum absolute atomic E-state index is 12.9. The Bertz CT molecular complexity index is 361. The molecule has 0 saturated carbocycles. The molecule has 1 aromatic carbocycles. The van der Waals surface area contributed by atoms with Crippen molar-refractivity contribution < 1.29 is 9.18 Å². The summed E-state index contributed by atoms with van der Waals surface area (Å²) < 4.78 is 12.9. The van der Waals surface area contributed by atoms with Gasteiger partial charge in [0.1, 0.15) is 5.69 Å². The van der Waals surface area contributed by atoms with Crippen molar-refractivity contribution in [3.63, 3.8) is 0 Å². The van der Waals surface area contributed by atoms with Gasteiger partial charge in [0.2, 0.25) is 6.08 Å². The van der Waals surface area contributed by atoms with E-state index in [0.29, 0.717) is 0 Å². The second-order valence-electron chi connectivity index (χ2n) is 1.92. The molecule has 0 unspecified atom stereocenters. The zero-order chi connectivity index (χ0) is 9.14. The minimum absolute atomic E-state index is 0.170. The van der Waals surface area contributed by atoms with Gasteiger partial charge in [-0.25, -0.2) is 9.18 Å². The van der Waals surface area contributed by atoms with Gasteiger partial charge in [-0.15, -0.1) is 0 Å². The maximum atomic E-state index is 12.9. The SMILES string of the molecule is O=C=Nc1cc(Cl)cc(Cl)c1F. The Morgan fingerprint density at radius 1 is 1.42 bits per heavy atom. The summed E-state index contributed by atoms with van der Waals surface area (Å²) in [5.41, 5.74) is -0.206. The number of aliphatic imine (C=N–C) groups is 1. The first-order valence-electron chi connectivity index (χ1n) is 2.87. The molecule has 1 rings (SSSR count). The molecule has 0 N–H and O–H groups in total. The third kappa shape index (κ3) is 1.83. The summed E-state index contributed by atoms with van der Waals surface area (Å²) in [4.78, 5) is 12.9. The fourth-order valence-electron chi connectivity index (χ4n) is 0.673. The van der Waals surface area contributed by atoms with E-state index in [1.54, 1.807) is 0 Å². The Hall–Kier alpha value is -0.890. The molecule has 2 nitrogen and oxygen atoms in total. The molecular weight excluding hydrogens is 204 g/mol. The molecule has 0 spiro atoms. The quantitative estimate of drug-likeness (QED) is 0.394. The highest BCUT2D eigenvalue weighted by Gasteiger charge is 2.07. The third-order valence-electron chi connectivity index (χ3n) is 1.14.